The van der Waals surface area contributed by atoms with Gasteiger partial charge in [0.05, 0.1) is 0 Å². The number of hydrogen-bond donors (Lipinski definition) is 0. The average molecular weight is 182 g/mol. The van der Waals surface area contributed by atoms with Crippen LogP contribution in [0.4, 0.5) is 0 Å². The molecule has 1 rings (SSSR count). The van der Waals surface area contributed by atoms with Gasteiger partial charge in [-0.1, -0.05) is 6.58 Å². The Morgan fingerprint density at radius 3 is 2.69 bits per heavy atom. The van der Waals surface area contributed by atoms with E-state index < -0.39 is 17.9 Å². The van der Waals surface area contributed by atoms with Crippen LogP contribution in [-0.4, -0.2) is 17.7 Å². The van der Waals surface area contributed by atoms with Crippen molar-refractivity contribution in [3.8, 4) is 0 Å². The van der Waals surface area contributed by atoms with Crippen molar-refractivity contribution in [3.05, 3.63) is 12.7 Å². The maximum absolute atomic E-state index is 11.1. The molecule has 70 valence electrons. The molecule has 0 heterocycles. The number of esters is 2. The molecule has 1 atom stereocenters. The van der Waals surface area contributed by atoms with E-state index in [9.17, 15) is 14.4 Å². The van der Waals surface area contributed by atoms with E-state index in [-0.39, 0.29) is 5.78 Å². The van der Waals surface area contributed by atoms with E-state index in [1.54, 1.807) is 0 Å². The highest BCUT2D eigenvalue weighted by Gasteiger charge is 2.33. The van der Waals surface area contributed by atoms with Gasteiger partial charge in [-0.05, 0) is 12.8 Å². The van der Waals surface area contributed by atoms with E-state index in [4.69, 9.17) is 0 Å². The molecule has 0 amide bonds. The van der Waals surface area contributed by atoms with Gasteiger partial charge in [0.1, 0.15) is 11.7 Å². The first kappa shape index (κ1) is 9.64. The molecule has 0 saturated heterocycles. The van der Waals surface area contributed by atoms with Crippen molar-refractivity contribution >= 4 is 17.7 Å². The number of ketones is 1. The number of ether oxygens (including phenoxy) is 1. The second-order valence-corrected chi connectivity index (χ2v) is 2.86. The highest BCUT2D eigenvalue weighted by atomic mass is 16.6. The summed E-state index contributed by atoms with van der Waals surface area (Å²) in [4.78, 5) is 32.8. The minimum Gasteiger partial charge on any atom is -0.389 e. The number of rotatable bonds is 2. The van der Waals surface area contributed by atoms with Gasteiger partial charge >= 0.3 is 11.9 Å². The molecule has 0 radical (unpaired) electrons. The minimum absolute atomic E-state index is 0.137. The Morgan fingerprint density at radius 2 is 2.23 bits per heavy atom. The van der Waals surface area contributed by atoms with Crippen molar-refractivity contribution in [2.75, 3.05) is 0 Å². The lowest BCUT2D eigenvalue weighted by Gasteiger charge is -2.04. The predicted molar refractivity (Wildman–Crippen MR) is 43.6 cm³/mol. The highest BCUT2D eigenvalue weighted by molar-refractivity contribution is 6.04. The average Bonchev–Trinajstić information content (AvgIpc) is 2.51. The third-order valence-electron chi connectivity index (χ3n) is 1.96. The smallest absolute Gasteiger partial charge is 0.337 e. The minimum atomic E-state index is -0.801. The van der Waals surface area contributed by atoms with Crippen molar-refractivity contribution in [1.29, 1.82) is 0 Å². The van der Waals surface area contributed by atoms with E-state index in [2.05, 4.69) is 11.3 Å². The topological polar surface area (TPSA) is 60.4 Å². The van der Waals surface area contributed by atoms with Crippen LogP contribution in [0.5, 0.6) is 0 Å². The number of carbonyl (C=O) groups excluding carboxylic acids is 3. The zero-order valence-electron chi connectivity index (χ0n) is 7.12. The third-order valence-corrected chi connectivity index (χ3v) is 1.96. The predicted octanol–water partition coefficient (Wildman–Crippen LogP) is 0.611. The Hall–Kier alpha value is -1.45. The standard InChI is InChI=1S/C9H10O4/c1-2-8(11)13-9(12)6-4-3-5-7(6)10/h2,6H,1,3-5H2. The van der Waals surface area contributed by atoms with Crippen LogP contribution in [0.3, 0.4) is 0 Å². The Kier molecular flexibility index (Phi) is 2.95. The van der Waals surface area contributed by atoms with Crippen molar-refractivity contribution in [2.45, 2.75) is 19.3 Å². The molecule has 1 unspecified atom stereocenters. The maximum atomic E-state index is 11.1. The molecule has 0 spiro atoms. The summed E-state index contributed by atoms with van der Waals surface area (Å²) in [5.74, 6) is -2.41. The van der Waals surface area contributed by atoms with Crippen LogP contribution in [0.2, 0.25) is 0 Å². The van der Waals surface area contributed by atoms with Crippen molar-refractivity contribution in [2.24, 2.45) is 5.92 Å². The summed E-state index contributed by atoms with van der Waals surface area (Å²) in [5.41, 5.74) is 0. The molecule has 4 heteroatoms. The Balaban J connectivity index is 2.52. The first-order valence-corrected chi connectivity index (χ1v) is 4.06. The molecule has 1 fully saturated rings. The van der Waals surface area contributed by atoms with Gasteiger partial charge in [0.15, 0.2) is 0 Å². The van der Waals surface area contributed by atoms with E-state index >= 15 is 0 Å². The lowest BCUT2D eigenvalue weighted by Crippen LogP contribution is -2.23. The van der Waals surface area contributed by atoms with E-state index in [0.717, 1.165) is 6.08 Å². The molecular weight excluding hydrogens is 172 g/mol. The normalized spacial score (nSPS) is 21.2. The van der Waals surface area contributed by atoms with Crippen molar-refractivity contribution in [3.63, 3.8) is 0 Å². The van der Waals surface area contributed by atoms with Crippen LogP contribution >= 0.6 is 0 Å². The van der Waals surface area contributed by atoms with Crippen LogP contribution in [0.15, 0.2) is 12.7 Å². The Morgan fingerprint density at radius 1 is 1.54 bits per heavy atom. The summed E-state index contributed by atoms with van der Waals surface area (Å²) < 4.78 is 4.34. The van der Waals surface area contributed by atoms with Crippen LogP contribution in [-0.2, 0) is 19.1 Å². The first-order valence-electron chi connectivity index (χ1n) is 4.06. The van der Waals surface area contributed by atoms with Gasteiger partial charge in [0, 0.05) is 12.5 Å². The number of hydrogen-bond acceptors (Lipinski definition) is 4. The summed E-state index contributed by atoms with van der Waals surface area (Å²) >= 11 is 0. The van der Waals surface area contributed by atoms with Crippen molar-refractivity contribution in [1.82, 2.24) is 0 Å². The summed E-state index contributed by atoms with van der Waals surface area (Å²) in [5, 5.41) is 0. The second-order valence-electron chi connectivity index (χ2n) is 2.86. The van der Waals surface area contributed by atoms with Gasteiger partial charge in [0.25, 0.3) is 0 Å². The monoisotopic (exact) mass is 182 g/mol. The molecule has 1 saturated carbocycles. The molecule has 0 aromatic heterocycles. The fourth-order valence-corrected chi connectivity index (χ4v) is 1.28. The summed E-state index contributed by atoms with van der Waals surface area (Å²) in [6.07, 6.45) is 2.49. The zero-order valence-corrected chi connectivity index (χ0v) is 7.12. The highest BCUT2D eigenvalue weighted by Crippen LogP contribution is 2.22. The fraction of sp³-hybridized carbons (Fsp3) is 0.444. The quantitative estimate of drug-likeness (QED) is 0.356. The lowest BCUT2D eigenvalue weighted by molar-refractivity contribution is -0.160. The van der Waals surface area contributed by atoms with E-state index in [1.807, 2.05) is 0 Å². The van der Waals surface area contributed by atoms with Gasteiger partial charge < -0.3 is 4.74 Å². The summed E-state index contributed by atoms with van der Waals surface area (Å²) in [6.45, 7) is 3.15. The Bertz CT molecular complexity index is 267. The molecular formula is C9H10O4. The van der Waals surface area contributed by atoms with Gasteiger partial charge in [-0.25, -0.2) is 4.79 Å². The molecule has 1 aliphatic carbocycles. The summed E-state index contributed by atoms with van der Waals surface area (Å²) in [7, 11) is 0. The molecule has 0 aliphatic heterocycles. The first-order chi connectivity index (χ1) is 6.15. The maximum Gasteiger partial charge on any atom is 0.337 e. The molecule has 0 N–H and O–H groups in total. The van der Waals surface area contributed by atoms with E-state index in [1.165, 1.54) is 0 Å². The van der Waals surface area contributed by atoms with Crippen LogP contribution in [0.1, 0.15) is 19.3 Å². The van der Waals surface area contributed by atoms with Gasteiger partial charge in [0.2, 0.25) is 0 Å². The van der Waals surface area contributed by atoms with E-state index in [0.29, 0.717) is 19.3 Å². The SMILES string of the molecule is C=CC(=O)OC(=O)C1CCCC1=O. The van der Waals surface area contributed by atoms with Gasteiger partial charge in [-0.2, -0.15) is 0 Å². The summed E-state index contributed by atoms with van der Waals surface area (Å²) in [6, 6.07) is 0. The van der Waals surface area contributed by atoms with Crippen LogP contribution < -0.4 is 0 Å². The zero-order chi connectivity index (χ0) is 9.84. The largest absolute Gasteiger partial charge is 0.389 e. The second kappa shape index (κ2) is 3.98. The Labute approximate surface area is 75.6 Å². The van der Waals surface area contributed by atoms with Gasteiger partial charge in [-0.3, -0.25) is 9.59 Å². The molecule has 13 heavy (non-hydrogen) atoms. The number of Topliss-reactive ketones (excluding diaryl/α,β-unsaturated/α-hetero) is 1. The van der Waals surface area contributed by atoms with Crippen LogP contribution in [0, 0.1) is 5.92 Å². The van der Waals surface area contributed by atoms with Gasteiger partial charge in [-0.15, -0.1) is 0 Å². The van der Waals surface area contributed by atoms with Crippen LogP contribution in [0.25, 0.3) is 0 Å². The lowest BCUT2D eigenvalue weighted by atomic mass is 10.1. The fourth-order valence-electron chi connectivity index (χ4n) is 1.28. The molecule has 0 bridgehead atoms. The molecule has 0 aromatic carbocycles. The molecule has 4 nitrogen and oxygen atoms in total. The third kappa shape index (κ3) is 2.24. The molecule has 1 aliphatic rings. The number of carbonyl (C=O) groups is 3. The van der Waals surface area contributed by atoms with Crippen molar-refractivity contribution < 1.29 is 19.1 Å². The molecule has 0 aromatic rings.